The summed E-state index contributed by atoms with van der Waals surface area (Å²) in [6.07, 6.45) is 18.0. The molecular formula is C31H38O4. The first-order chi connectivity index (χ1) is 16.7. The van der Waals surface area contributed by atoms with Crippen LogP contribution in [0.3, 0.4) is 0 Å². The van der Waals surface area contributed by atoms with Gasteiger partial charge in [0.1, 0.15) is 11.5 Å². The van der Waals surface area contributed by atoms with Gasteiger partial charge in [-0.2, -0.15) is 0 Å². The van der Waals surface area contributed by atoms with Gasteiger partial charge >= 0.3 is 5.97 Å². The van der Waals surface area contributed by atoms with Crippen LogP contribution in [0.5, 0.6) is 5.75 Å². The number of aliphatic hydroxyl groups is 1. The summed E-state index contributed by atoms with van der Waals surface area (Å²) in [4.78, 5) is 12.4. The Hall–Kier alpha value is -3.37. The minimum atomic E-state index is -0.971. The third kappa shape index (κ3) is 8.11. The Bertz CT molecular complexity index is 1030. The molecule has 0 saturated heterocycles. The molecule has 2 atom stereocenters. The molecule has 0 saturated carbocycles. The van der Waals surface area contributed by atoms with Gasteiger partial charge in [-0.3, -0.25) is 0 Å². The van der Waals surface area contributed by atoms with Crippen LogP contribution in [-0.2, 0) is 14.9 Å². The molecule has 2 rings (SSSR count). The Morgan fingerprint density at radius 3 is 2.49 bits per heavy atom. The number of allylic oxidation sites excluding steroid dienone is 7. The Kier molecular flexibility index (Phi) is 10.8. The van der Waals surface area contributed by atoms with Gasteiger partial charge in [0.2, 0.25) is 6.29 Å². The van der Waals surface area contributed by atoms with Crippen molar-refractivity contribution >= 4 is 5.97 Å². The molecule has 1 aliphatic carbocycles. The van der Waals surface area contributed by atoms with Crippen LogP contribution >= 0.6 is 0 Å². The maximum absolute atomic E-state index is 12.4. The van der Waals surface area contributed by atoms with E-state index in [-0.39, 0.29) is 11.3 Å². The molecule has 0 aromatic heterocycles. The van der Waals surface area contributed by atoms with Gasteiger partial charge in [0.25, 0.3) is 0 Å². The number of hydrogen-bond acceptors (Lipinski definition) is 4. The Balaban J connectivity index is 2.09. The number of carbonyl (C=O) groups is 1. The highest BCUT2D eigenvalue weighted by Gasteiger charge is 2.26. The zero-order chi connectivity index (χ0) is 25.8. The molecule has 186 valence electrons. The van der Waals surface area contributed by atoms with Crippen molar-refractivity contribution in [1.82, 2.24) is 0 Å². The molecule has 0 radical (unpaired) electrons. The lowest BCUT2D eigenvalue weighted by Gasteiger charge is -2.31. The van der Waals surface area contributed by atoms with E-state index in [2.05, 4.69) is 40.0 Å². The molecule has 1 aromatic rings. The molecule has 0 aliphatic heterocycles. The topological polar surface area (TPSA) is 55.8 Å². The number of hydrogen-bond donors (Lipinski definition) is 1. The third-order valence-corrected chi connectivity index (χ3v) is 6.21. The van der Waals surface area contributed by atoms with E-state index in [0.717, 1.165) is 30.4 Å². The summed E-state index contributed by atoms with van der Waals surface area (Å²) in [7, 11) is 0. The quantitative estimate of drug-likeness (QED) is 0.114. The zero-order valence-corrected chi connectivity index (χ0v) is 21.4. The summed E-state index contributed by atoms with van der Waals surface area (Å²) in [6, 6.07) is 7.82. The van der Waals surface area contributed by atoms with Gasteiger partial charge in [-0.15, -0.1) is 0 Å². The van der Waals surface area contributed by atoms with E-state index in [4.69, 9.17) is 9.47 Å². The first-order valence-electron chi connectivity index (χ1n) is 12.1. The second-order valence-corrected chi connectivity index (χ2v) is 9.01. The van der Waals surface area contributed by atoms with E-state index in [1.165, 1.54) is 12.2 Å². The molecule has 0 spiro atoms. The van der Waals surface area contributed by atoms with E-state index in [1.54, 1.807) is 6.08 Å². The molecule has 1 N–H and O–H groups in total. The predicted octanol–water partition coefficient (Wildman–Crippen LogP) is 7.27. The summed E-state index contributed by atoms with van der Waals surface area (Å²) in [6.45, 7) is 15.7. The van der Waals surface area contributed by atoms with E-state index < -0.39 is 12.3 Å². The fraction of sp³-hybridized carbons (Fsp3) is 0.323. The van der Waals surface area contributed by atoms with Crippen molar-refractivity contribution in [2.75, 3.05) is 0 Å². The maximum atomic E-state index is 12.4. The smallest absolute Gasteiger partial charge is 0.343 e. The monoisotopic (exact) mass is 474 g/mol. The number of carbonyl (C=O) groups excluding carboxylic acids is 1. The SMILES string of the molecule is C=C/C=C(\C=C)C(=O)OC(/C=C\C(C)C(C)(C)c1ccc(OC(O)C2=CCCC=C2)cc1)=C/CC. The van der Waals surface area contributed by atoms with Gasteiger partial charge in [0.15, 0.2) is 0 Å². The largest absolute Gasteiger partial charge is 0.461 e. The molecule has 0 amide bonds. The summed E-state index contributed by atoms with van der Waals surface area (Å²) in [5.74, 6) is 0.791. The van der Waals surface area contributed by atoms with Crippen molar-refractivity contribution in [2.24, 2.45) is 5.92 Å². The first-order valence-corrected chi connectivity index (χ1v) is 12.1. The molecule has 0 heterocycles. The summed E-state index contributed by atoms with van der Waals surface area (Å²) in [5.41, 5.74) is 2.08. The van der Waals surface area contributed by atoms with E-state index in [9.17, 15) is 9.90 Å². The van der Waals surface area contributed by atoms with Gasteiger partial charge in [-0.1, -0.05) is 89.4 Å². The highest BCUT2D eigenvalue weighted by Crippen LogP contribution is 2.34. The minimum Gasteiger partial charge on any atom is -0.461 e. The van der Waals surface area contributed by atoms with Crippen LogP contribution in [0.4, 0.5) is 0 Å². The highest BCUT2D eigenvalue weighted by molar-refractivity contribution is 5.92. The normalized spacial score (nSPS) is 16.4. The van der Waals surface area contributed by atoms with Crippen LogP contribution in [-0.4, -0.2) is 17.4 Å². The fourth-order valence-corrected chi connectivity index (χ4v) is 3.58. The molecule has 0 bridgehead atoms. The predicted molar refractivity (Wildman–Crippen MR) is 144 cm³/mol. The van der Waals surface area contributed by atoms with Crippen LogP contribution in [0, 0.1) is 5.92 Å². The van der Waals surface area contributed by atoms with Gasteiger partial charge < -0.3 is 14.6 Å². The van der Waals surface area contributed by atoms with Crippen molar-refractivity contribution < 1.29 is 19.4 Å². The number of ether oxygens (including phenoxy) is 2. The number of benzene rings is 1. The van der Waals surface area contributed by atoms with Crippen LogP contribution in [0.15, 0.2) is 109 Å². The Morgan fingerprint density at radius 1 is 1.20 bits per heavy atom. The Morgan fingerprint density at radius 2 is 1.91 bits per heavy atom. The average molecular weight is 475 g/mol. The van der Waals surface area contributed by atoms with Crippen LogP contribution in [0.1, 0.15) is 52.5 Å². The van der Waals surface area contributed by atoms with Gasteiger partial charge in [0.05, 0.1) is 5.57 Å². The van der Waals surface area contributed by atoms with Crippen LogP contribution in [0.25, 0.3) is 0 Å². The van der Waals surface area contributed by atoms with Crippen molar-refractivity contribution in [3.63, 3.8) is 0 Å². The molecule has 0 fully saturated rings. The molecular weight excluding hydrogens is 436 g/mol. The standard InChI is InChI=1S/C31H38O4/c1-7-13-24(9-3)29(32)34-27(14-8-2)20-17-23(4)31(5,6)26-18-21-28(22-19-26)35-30(33)25-15-11-10-12-16-25/h7,9,11,13-23,30,33H,1,3,8,10,12H2,2,4-6H3/b20-17-,24-13+,27-14+. The van der Waals surface area contributed by atoms with Crippen LogP contribution < -0.4 is 4.74 Å². The van der Waals surface area contributed by atoms with Crippen molar-refractivity contribution in [3.8, 4) is 5.75 Å². The average Bonchev–Trinajstić information content (AvgIpc) is 2.86. The number of aliphatic hydroxyl groups excluding tert-OH is 1. The lowest BCUT2D eigenvalue weighted by molar-refractivity contribution is -0.134. The highest BCUT2D eigenvalue weighted by atomic mass is 16.6. The molecule has 4 heteroatoms. The molecule has 35 heavy (non-hydrogen) atoms. The van der Waals surface area contributed by atoms with Crippen LogP contribution in [0.2, 0.25) is 0 Å². The summed E-state index contributed by atoms with van der Waals surface area (Å²) in [5, 5.41) is 10.3. The second-order valence-electron chi connectivity index (χ2n) is 9.01. The minimum absolute atomic E-state index is 0.138. The molecule has 1 aliphatic rings. The van der Waals surface area contributed by atoms with Gasteiger partial charge in [-0.05, 0) is 66.5 Å². The lowest BCUT2D eigenvalue weighted by atomic mass is 9.74. The lowest BCUT2D eigenvalue weighted by Crippen LogP contribution is -2.25. The summed E-state index contributed by atoms with van der Waals surface area (Å²) >= 11 is 0. The van der Waals surface area contributed by atoms with Gasteiger partial charge in [-0.25, -0.2) is 4.79 Å². The van der Waals surface area contributed by atoms with E-state index >= 15 is 0 Å². The maximum Gasteiger partial charge on any atom is 0.343 e. The summed E-state index contributed by atoms with van der Waals surface area (Å²) < 4.78 is 11.3. The zero-order valence-electron chi connectivity index (χ0n) is 21.4. The Labute approximate surface area is 210 Å². The number of esters is 1. The van der Waals surface area contributed by atoms with Crippen molar-refractivity contribution in [3.05, 3.63) is 115 Å². The molecule has 2 unspecified atom stereocenters. The number of rotatable bonds is 12. The molecule has 1 aromatic carbocycles. The third-order valence-electron chi connectivity index (χ3n) is 6.21. The van der Waals surface area contributed by atoms with E-state index in [1.807, 2.05) is 61.6 Å². The first kappa shape index (κ1) is 27.9. The molecule has 4 nitrogen and oxygen atoms in total. The van der Waals surface area contributed by atoms with Gasteiger partial charge in [0, 0.05) is 5.57 Å². The fourth-order valence-electron chi connectivity index (χ4n) is 3.58. The van der Waals surface area contributed by atoms with E-state index in [0.29, 0.717) is 17.1 Å². The van der Waals surface area contributed by atoms with Crippen molar-refractivity contribution in [1.29, 1.82) is 0 Å². The second kappa shape index (κ2) is 13.5. The van der Waals surface area contributed by atoms with Crippen molar-refractivity contribution in [2.45, 2.75) is 58.7 Å².